The second kappa shape index (κ2) is 9.39. The summed E-state index contributed by atoms with van der Waals surface area (Å²) in [5.41, 5.74) is -0.326. The van der Waals surface area contributed by atoms with Crippen LogP contribution >= 0.6 is 11.6 Å². The number of fused-ring (bicyclic) bond motifs is 1. The molecule has 170 valence electrons. The monoisotopic (exact) mass is 474 g/mol. The third-order valence-corrected chi connectivity index (χ3v) is 5.04. The van der Waals surface area contributed by atoms with Crippen LogP contribution in [-0.4, -0.2) is 45.5 Å². The summed E-state index contributed by atoms with van der Waals surface area (Å²) in [6, 6.07) is 9.67. The van der Waals surface area contributed by atoms with E-state index in [4.69, 9.17) is 21.4 Å². The summed E-state index contributed by atoms with van der Waals surface area (Å²) in [4.78, 5) is 26.7. The SMILES string of the molecule is O=C(COc1ccc(-c2nn(-c3c(F)cccc3F)c3c(Cl)c[nH]c(=O)c23)cc1)NCCO. The Hall–Kier alpha value is -3.76. The molecule has 33 heavy (non-hydrogen) atoms. The van der Waals surface area contributed by atoms with Gasteiger partial charge >= 0.3 is 0 Å². The minimum atomic E-state index is -0.870. The van der Waals surface area contributed by atoms with E-state index in [1.54, 1.807) is 24.3 Å². The number of amides is 1. The van der Waals surface area contributed by atoms with E-state index in [1.807, 2.05) is 0 Å². The highest BCUT2D eigenvalue weighted by Crippen LogP contribution is 2.33. The molecule has 0 atom stereocenters. The predicted octanol–water partition coefficient (Wildman–Crippen LogP) is 2.80. The van der Waals surface area contributed by atoms with Gasteiger partial charge in [-0.3, -0.25) is 9.59 Å². The van der Waals surface area contributed by atoms with Crippen LogP contribution < -0.4 is 15.6 Å². The number of hydrogen-bond donors (Lipinski definition) is 3. The number of H-pyrrole nitrogens is 1. The summed E-state index contributed by atoms with van der Waals surface area (Å²) in [5.74, 6) is -1.77. The molecule has 2 heterocycles. The molecule has 0 saturated carbocycles. The Balaban J connectivity index is 1.76. The molecule has 0 spiro atoms. The molecule has 4 aromatic rings. The molecule has 0 unspecified atom stereocenters. The second-order valence-corrected chi connectivity index (χ2v) is 7.31. The third kappa shape index (κ3) is 4.43. The summed E-state index contributed by atoms with van der Waals surface area (Å²) in [6.45, 7) is -0.309. The lowest BCUT2D eigenvalue weighted by Crippen LogP contribution is -2.31. The Labute approximate surface area is 190 Å². The van der Waals surface area contributed by atoms with E-state index in [0.29, 0.717) is 11.3 Å². The highest BCUT2D eigenvalue weighted by atomic mass is 35.5. The lowest BCUT2D eigenvalue weighted by atomic mass is 10.1. The Morgan fingerprint density at radius 3 is 2.55 bits per heavy atom. The maximum absolute atomic E-state index is 14.5. The van der Waals surface area contributed by atoms with Crippen molar-refractivity contribution in [3.8, 4) is 22.7 Å². The molecule has 2 aromatic heterocycles. The van der Waals surface area contributed by atoms with Crippen LogP contribution in [0.2, 0.25) is 5.02 Å². The van der Waals surface area contributed by atoms with E-state index in [-0.39, 0.29) is 41.4 Å². The Bertz CT molecular complexity index is 1370. The smallest absolute Gasteiger partial charge is 0.259 e. The third-order valence-electron chi connectivity index (χ3n) is 4.75. The van der Waals surface area contributed by atoms with Crippen molar-refractivity contribution in [3.05, 3.63) is 75.7 Å². The Kier molecular flexibility index (Phi) is 6.38. The summed E-state index contributed by atoms with van der Waals surface area (Å²) >= 11 is 6.27. The number of aliphatic hydroxyl groups excluding tert-OH is 1. The quantitative estimate of drug-likeness (QED) is 0.381. The molecule has 11 heteroatoms. The molecule has 2 aromatic carbocycles. The first-order chi connectivity index (χ1) is 15.9. The highest BCUT2D eigenvalue weighted by Gasteiger charge is 2.23. The van der Waals surface area contributed by atoms with Crippen LogP contribution in [0.5, 0.6) is 5.75 Å². The van der Waals surface area contributed by atoms with Gasteiger partial charge in [-0.1, -0.05) is 17.7 Å². The van der Waals surface area contributed by atoms with E-state index in [1.165, 1.54) is 12.3 Å². The number of aromatic amines is 1. The number of aromatic nitrogens is 3. The summed E-state index contributed by atoms with van der Waals surface area (Å²) < 4.78 is 35.4. The molecular weight excluding hydrogens is 458 g/mol. The average Bonchev–Trinajstić information content (AvgIpc) is 3.20. The number of ether oxygens (including phenoxy) is 1. The number of aliphatic hydroxyl groups is 1. The van der Waals surface area contributed by atoms with Crippen LogP contribution in [0.15, 0.2) is 53.5 Å². The highest BCUT2D eigenvalue weighted by molar-refractivity contribution is 6.35. The number of pyridine rings is 1. The van der Waals surface area contributed by atoms with Gasteiger partial charge in [0.25, 0.3) is 11.5 Å². The van der Waals surface area contributed by atoms with Crippen molar-refractivity contribution in [2.45, 2.75) is 0 Å². The van der Waals surface area contributed by atoms with E-state index < -0.39 is 28.8 Å². The number of carbonyl (C=O) groups excluding carboxylic acids is 1. The zero-order valence-corrected chi connectivity index (χ0v) is 17.7. The molecular formula is C22H17ClF2N4O4. The van der Waals surface area contributed by atoms with Gasteiger partial charge in [-0.2, -0.15) is 5.10 Å². The van der Waals surface area contributed by atoms with E-state index >= 15 is 0 Å². The largest absolute Gasteiger partial charge is 0.484 e. The summed E-state index contributed by atoms with van der Waals surface area (Å²) in [5, 5.41) is 15.6. The van der Waals surface area contributed by atoms with E-state index in [2.05, 4.69) is 15.4 Å². The fourth-order valence-corrected chi connectivity index (χ4v) is 3.51. The van der Waals surface area contributed by atoms with Crippen molar-refractivity contribution in [2.24, 2.45) is 0 Å². The fraction of sp³-hybridized carbons (Fsp3) is 0.136. The van der Waals surface area contributed by atoms with Gasteiger partial charge in [0.2, 0.25) is 0 Å². The number of halogens is 3. The first-order valence-electron chi connectivity index (χ1n) is 9.75. The van der Waals surface area contributed by atoms with E-state index in [9.17, 15) is 18.4 Å². The van der Waals surface area contributed by atoms with Gasteiger partial charge in [0, 0.05) is 18.3 Å². The van der Waals surface area contributed by atoms with Crippen molar-refractivity contribution >= 4 is 28.4 Å². The minimum absolute atomic E-state index is 0.0554. The molecule has 0 aliphatic heterocycles. The van der Waals surface area contributed by atoms with Crippen LogP contribution in [-0.2, 0) is 4.79 Å². The molecule has 1 amide bonds. The van der Waals surface area contributed by atoms with Crippen molar-refractivity contribution < 1.29 is 23.4 Å². The molecule has 0 aliphatic rings. The maximum atomic E-state index is 14.5. The van der Waals surface area contributed by atoms with Crippen LogP contribution in [0.25, 0.3) is 27.8 Å². The van der Waals surface area contributed by atoms with Gasteiger partial charge < -0.3 is 20.1 Å². The van der Waals surface area contributed by atoms with Crippen LogP contribution in [0.1, 0.15) is 0 Å². The van der Waals surface area contributed by atoms with Crippen molar-refractivity contribution in [1.82, 2.24) is 20.1 Å². The number of nitrogens with zero attached hydrogens (tertiary/aromatic N) is 2. The van der Waals surface area contributed by atoms with Crippen molar-refractivity contribution in [3.63, 3.8) is 0 Å². The molecule has 0 saturated heterocycles. The first-order valence-corrected chi connectivity index (χ1v) is 10.1. The van der Waals surface area contributed by atoms with Gasteiger partial charge in [0.05, 0.1) is 17.0 Å². The molecule has 4 rings (SSSR count). The predicted molar refractivity (Wildman–Crippen MR) is 118 cm³/mol. The fourth-order valence-electron chi connectivity index (χ4n) is 3.28. The average molecular weight is 475 g/mol. The molecule has 0 radical (unpaired) electrons. The molecule has 0 fully saturated rings. The lowest BCUT2D eigenvalue weighted by molar-refractivity contribution is -0.123. The number of carbonyl (C=O) groups is 1. The molecule has 0 aliphatic carbocycles. The summed E-state index contributed by atoms with van der Waals surface area (Å²) in [7, 11) is 0. The normalized spacial score (nSPS) is 11.0. The zero-order valence-electron chi connectivity index (χ0n) is 16.9. The number of rotatable bonds is 7. The van der Waals surface area contributed by atoms with Crippen LogP contribution in [0, 0.1) is 11.6 Å². The topological polar surface area (TPSA) is 109 Å². The van der Waals surface area contributed by atoms with Gasteiger partial charge in [0.15, 0.2) is 18.2 Å². The van der Waals surface area contributed by atoms with Crippen LogP contribution in [0.4, 0.5) is 8.78 Å². The number of nitrogens with one attached hydrogen (secondary N) is 2. The van der Waals surface area contributed by atoms with Crippen LogP contribution in [0.3, 0.4) is 0 Å². The lowest BCUT2D eigenvalue weighted by Gasteiger charge is -2.07. The summed E-state index contributed by atoms with van der Waals surface area (Å²) in [6.07, 6.45) is 1.23. The minimum Gasteiger partial charge on any atom is -0.484 e. The van der Waals surface area contributed by atoms with Gasteiger partial charge in [0.1, 0.15) is 22.6 Å². The standard InChI is InChI=1S/C22H17ClF2N4O4/c23-14-10-27-22(32)18-19(28-29(20(14)18)21-15(24)2-1-3-16(21)25)12-4-6-13(7-5-12)33-11-17(31)26-8-9-30/h1-7,10,30H,8-9,11H2,(H,26,31)(H,27,32). The van der Waals surface area contributed by atoms with Crippen molar-refractivity contribution in [1.29, 1.82) is 0 Å². The molecule has 0 bridgehead atoms. The van der Waals surface area contributed by atoms with Gasteiger partial charge in [-0.15, -0.1) is 0 Å². The number of para-hydroxylation sites is 1. The Morgan fingerprint density at radius 1 is 1.18 bits per heavy atom. The number of hydrogen-bond acceptors (Lipinski definition) is 5. The maximum Gasteiger partial charge on any atom is 0.259 e. The molecule has 8 nitrogen and oxygen atoms in total. The van der Waals surface area contributed by atoms with Crippen molar-refractivity contribution in [2.75, 3.05) is 19.8 Å². The van der Waals surface area contributed by atoms with Gasteiger partial charge in [-0.25, -0.2) is 13.5 Å². The van der Waals surface area contributed by atoms with Gasteiger partial charge in [-0.05, 0) is 36.4 Å². The zero-order chi connectivity index (χ0) is 23.5. The van der Waals surface area contributed by atoms with E-state index in [0.717, 1.165) is 16.8 Å². The Morgan fingerprint density at radius 2 is 1.88 bits per heavy atom. The second-order valence-electron chi connectivity index (χ2n) is 6.91. The first kappa shape index (κ1) is 22.4. The number of benzene rings is 2. The molecule has 3 N–H and O–H groups in total.